The molecule has 0 fully saturated rings. The highest BCUT2D eigenvalue weighted by molar-refractivity contribution is 5.27. The Kier molecular flexibility index (Phi) is 4.24. The van der Waals surface area contributed by atoms with Crippen molar-refractivity contribution in [2.24, 2.45) is 0 Å². The molecule has 0 unspecified atom stereocenters. The molecule has 1 N–H and O–H groups in total. The number of hydrogen-bond donors (Lipinski definition) is 1. The van der Waals surface area contributed by atoms with Crippen LogP contribution in [0.4, 0.5) is 5.95 Å². The van der Waals surface area contributed by atoms with Gasteiger partial charge in [-0.05, 0) is 33.3 Å². The summed E-state index contributed by atoms with van der Waals surface area (Å²) in [4.78, 5) is 10.6. The quantitative estimate of drug-likeness (QED) is 0.840. The van der Waals surface area contributed by atoms with Crippen molar-refractivity contribution in [1.29, 1.82) is 0 Å². The number of nitrogens with zero attached hydrogens (tertiary/aromatic N) is 3. The van der Waals surface area contributed by atoms with Gasteiger partial charge in [-0.3, -0.25) is 0 Å². The van der Waals surface area contributed by atoms with Crippen LogP contribution in [0.25, 0.3) is 0 Å². The van der Waals surface area contributed by atoms with E-state index in [1.165, 1.54) is 0 Å². The molecule has 0 radical (unpaired) electrons. The molecule has 1 heterocycles. The Balaban J connectivity index is 2.41. The molecular formula is C12H22N4. The number of nitrogens with one attached hydrogen (secondary N) is 1. The van der Waals surface area contributed by atoms with E-state index in [1.807, 2.05) is 26.4 Å². The Morgan fingerprint density at radius 3 is 2.31 bits per heavy atom. The molecule has 0 spiro atoms. The molecule has 90 valence electrons. The summed E-state index contributed by atoms with van der Waals surface area (Å²) in [6, 6.07) is 0. The molecule has 4 heteroatoms. The van der Waals surface area contributed by atoms with Gasteiger partial charge in [0, 0.05) is 38.1 Å². The molecule has 1 rings (SSSR count). The monoisotopic (exact) mass is 222 g/mol. The van der Waals surface area contributed by atoms with Crippen LogP contribution >= 0.6 is 0 Å². The van der Waals surface area contributed by atoms with Crippen molar-refractivity contribution in [2.75, 3.05) is 25.0 Å². The zero-order valence-electron chi connectivity index (χ0n) is 10.9. The molecule has 0 aliphatic heterocycles. The molecule has 0 amide bonds. The Bertz CT molecular complexity index is 313. The first kappa shape index (κ1) is 12.9. The SMILES string of the molecule is Cc1cnc(N(C)CCNC(C)(C)C)nc1. The summed E-state index contributed by atoms with van der Waals surface area (Å²) in [6.07, 6.45) is 3.69. The van der Waals surface area contributed by atoms with Gasteiger partial charge in [0.1, 0.15) is 0 Å². The van der Waals surface area contributed by atoms with E-state index in [9.17, 15) is 0 Å². The molecule has 0 aliphatic carbocycles. The van der Waals surface area contributed by atoms with E-state index in [-0.39, 0.29) is 5.54 Å². The molecule has 0 saturated carbocycles. The van der Waals surface area contributed by atoms with E-state index in [2.05, 4.69) is 41.0 Å². The Morgan fingerprint density at radius 1 is 1.25 bits per heavy atom. The molecular weight excluding hydrogens is 200 g/mol. The van der Waals surface area contributed by atoms with Crippen LogP contribution in [0.2, 0.25) is 0 Å². The normalized spacial score (nSPS) is 11.6. The molecule has 0 aliphatic rings. The second kappa shape index (κ2) is 5.25. The lowest BCUT2D eigenvalue weighted by Crippen LogP contribution is -2.40. The average molecular weight is 222 g/mol. The zero-order valence-corrected chi connectivity index (χ0v) is 10.9. The number of aryl methyl sites for hydroxylation is 1. The van der Waals surface area contributed by atoms with Crippen LogP contribution < -0.4 is 10.2 Å². The van der Waals surface area contributed by atoms with Crippen LogP contribution in [0.3, 0.4) is 0 Å². The summed E-state index contributed by atoms with van der Waals surface area (Å²) in [6.45, 7) is 10.3. The number of rotatable bonds is 4. The maximum Gasteiger partial charge on any atom is 0.225 e. The number of likely N-dealkylation sites (N-methyl/N-ethyl adjacent to an activating group) is 1. The molecule has 0 saturated heterocycles. The Hall–Kier alpha value is -1.16. The van der Waals surface area contributed by atoms with E-state index in [0.717, 1.165) is 24.6 Å². The third kappa shape index (κ3) is 4.57. The van der Waals surface area contributed by atoms with Gasteiger partial charge in [0.2, 0.25) is 5.95 Å². The summed E-state index contributed by atoms with van der Waals surface area (Å²) in [5.74, 6) is 0.779. The van der Waals surface area contributed by atoms with Crippen molar-refractivity contribution in [3.05, 3.63) is 18.0 Å². The standard InChI is InChI=1S/C12H22N4/c1-10-8-13-11(14-9-10)16(5)7-6-15-12(2,3)4/h8-9,15H,6-7H2,1-5H3. The number of anilines is 1. The zero-order chi connectivity index (χ0) is 12.2. The fourth-order valence-corrected chi connectivity index (χ4v) is 1.28. The number of hydrogen-bond acceptors (Lipinski definition) is 4. The maximum atomic E-state index is 4.28. The van der Waals surface area contributed by atoms with E-state index in [4.69, 9.17) is 0 Å². The van der Waals surface area contributed by atoms with Gasteiger partial charge in [0.15, 0.2) is 0 Å². The summed E-state index contributed by atoms with van der Waals surface area (Å²) >= 11 is 0. The minimum absolute atomic E-state index is 0.162. The van der Waals surface area contributed by atoms with Crippen LogP contribution in [-0.2, 0) is 0 Å². The highest BCUT2D eigenvalue weighted by Crippen LogP contribution is 2.04. The first-order valence-corrected chi connectivity index (χ1v) is 5.63. The summed E-state index contributed by atoms with van der Waals surface area (Å²) in [5.41, 5.74) is 1.25. The van der Waals surface area contributed by atoms with Crippen LogP contribution in [0, 0.1) is 6.92 Å². The van der Waals surface area contributed by atoms with Gasteiger partial charge < -0.3 is 10.2 Å². The van der Waals surface area contributed by atoms with Gasteiger partial charge in [0.05, 0.1) is 0 Å². The van der Waals surface area contributed by atoms with Crippen LogP contribution in [-0.4, -0.2) is 35.6 Å². The van der Waals surface area contributed by atoms with Crippen LogP contribution in [0.15, 0.2) is 12.4 Å². The van der Waals surface area contributed by atoms with Crippen molar-refractivity contribution in [3.8, 4) is 0 Å². The van der Waals surface area contributed by atoms with Gasteiger partial charge in [-0.15, -0.1) is 0 Å². The van der Waals surface area contributed by atoms with E-state index < -0.39 is 0 Å². The largest absolute Gasteiger partial charge is 0.343 e. The molecule has 1 aromatic rings. The molecule has 4 nitrogen and oxygen atoms in total. The van der Waals surface area contributed by atoms with Crippen molar-refractivity contribution in [1.82, 2.24) is 15.3 Å². The third-order valence-corrected chi connectivity index (χ3v) is 2.21. The predicted molar refractivity (Wildman–Crippen MR) is 67.8 cm³/mol. The summed E-state index contributed by atoms with van der Waals surface area (Å²) in [5, 5.41) is 3.44. The second-order valence-corrected chi connectivity index (χ2v) is 5.16. The predicted octanol–water partition coefficient (Wildman–Crippen LogP) is 1.61. The van der Waals surface area contributed by atoms with Crippen molar-refractivity contribution >= 4 is 5.95 Å². The van der Waals surface area contributed by atoms with E-state index in [0.29, 0.717) is 0 Å². The summed E-state index contributed by atoms with van der Waals surface area (Å²) < 4.78 is 0. The van der Waals surface area contributed by atoms with Gasteiger partial charge in [0.25, 0.3) is 0 Å². The van der Waals surface area contributed by atoms with Crippen molar-refractivity contribution < 1.29 is 0 Å². The lowest BCUT2D eigenvalue weighted by Gasteiger charge is -2.23. The van der Waals surface area contributed by atoms with Gasteiger partial charge in [-0.2, -0.15) is 0 Å². The average Bonchev–Trinajstić information content (AvgIpc) is 2.16. The second-order valence-electron chi connectivity index (χ2n) is 5.16. The van der Waals surface area contributed by atoms with E-state index >= 15 is 0 Å². The molecule has 0 atom stereocenters. The minimum atomic E-state index is 0.162. The third-order valence-electron chi connectivity index (χ3n) is 2.21. The smallest absolute Gasteiger partial charge is 0.225 e. The topological polar surface area (TPSA) is 41.1 Å². The first-order chi connectivity index (χ1) is 7.38. The van der Waals surface area contributed by atoms with Gasteiger partial charge >= 0.3 is 0 Å². The highest BCUT2D eigenvalue weighted by Gasteiger charge is 2.09. The molecule has 16 heavy (non-hydrogen) atoms. The lowest BCUT2D eigenvalue weighted by atomic mass is 10.1. The Morgan fingerprint density at radius 2 is 1.81 bits per heavy atom. The lowest BCUT2D eigenvalue weighted by molar-refractivity contribution is 0.430. The van der Waals surface area contributed by atoms with Crippen LogP contribution in [0.5, 0.6) is 0 Å². The minimum Gasteiger partial charge on any atom is -0.343 e. The fraction of sp³-hybridized carbons (Fsp3) is 0.667. The number of aromatic nitrogens is 2. The Labute approximate surface area is 98.1 Å². The van der Waals surface area contributed by atoms with Crippen LogP contribution in [0.1, 0.15) is 26.3 Å². The molecule has 0 bridgehead atoms. The van der Waals surface area contributed by atoms with Gasteiger partial charge in [-0.1, -0.05) is 0 Å². The van der Waals surface area contributed by atoms with Crippen molar-refractivity contribution in [3.63, 3.8) is 0 Å². The van der Waals surface area contributed by atoms with E-state index in [1.54, 1.807) is 0 Å². The summed E-state index contributed by atoms with van der Waals surface area (Å²) in [7, 11) is 2.01. The maximum absolute atomic E-state index is 4.28. The first-order valence-electron chi connectivity index (χ1n) is 5.63. The van der Waals surface area contributed by atoms with Crippen molar-refractivity contribution in [2.45, 2.75) is 33.2 Å². The molecule has 0 aromatic carbocycles. The van der Waals surface area contributed by atoms with Gasteiger partial charge in [-0.25, -0.2) is 9.97 Å². The highest BCUT2D eigenvalue weighted by atomic mass is 15.2. The fourth-order valence-electron chi connectivity index (χ4n) is 1.28. The molecule has 1 aromatic heterocycles.